The third-order valence-corrected chi connectivity index (χ3v) is 3.02. The molecule has 0 amide bonds. The topological polar surface area (TPSA) is 0 Å². The van der Waals surface area contributed by atoms with E-state index in [1.165, 1.54) is 12.8 Å². The molecule has 0 bridgehead atoms. The molecule has 8 heavy (non-hydrogen) atoms. The van der Waals surface area contributed by atoms with Crippen molar-refractivity contribution in [1.82, 2.24) is 0 Å². The molecule has 0 aliphatic heterocycles. The molecular formula is C7H7Cl. The lowest BCUT2D eigenvalue weighted by Gasteiger charge is -1.91. The molecule has 0 heterocycles. The van der Waals surface area contributed by atoms with Crippen molar-refractivity contribution in [2.75, 3.05) is 0 Å². The van der Waals surface area contributed by atoms with Gasteiger partial charge in [0.15, 0.2) is 0 Å². The standard InChI is InChI=1S/C7H7Cl/c1-2-7(8)5-6(7)3-4-6/h1H,3-5H2. The molecule has 1 heteroatoms. The summed E-state index contributed by atoms with van der Waals surface area (Å²) in [6.07, 6.45) is 8.80. The first-order chi connectivity index (χ1) is 3.72. The van der Waals surface area contributed by atoms with Crippen LogP contribution in [0.1, 0.15) is 19.3 Å². The van der Waals surface area contributed by atoms with Crippen molar-refractivity contribution in [2.24, 2.45) is 5.41 Å². The van der Waals surface area contributed by atoms with Gasteiger partial charge in [-0.1, -0.05) is 5.92 Å². The summed E-state index contributed by atoms with van der Waals surface area (Å²) in [6.45, 7) is 0. The van der Waals surface area contributed by atoms with Crippen LogP contribution in [0.4, 0.5) is 0 Å². The second kappa shape index (κ2) is 0.933. The predicted octanol–water partition coefficient (Wildman–Crippen LogP) is 1.78. The fraction of sp³-hybridized carbons (Fsp3) is 0.714. The first kappa shape index (κ1) is 4.70. The third kappa shape index (κ3) is 0.317. The largest absolute Gasteiger partial charge is 0.118 e. The van der Waals surface area contributed by atoms with Gasteiger partial charge in [-0.2, -0.15) is 0 Å². The SMILES string of the molecule is C#CC1(Cl)CC12CC2. The Kier molecular flexibility index (Phi) is 0.549. The Morgan fingerprint density at radius 2 is 2.12 bits per heavy atom. The first-order valence-corrected chi connectivity index (χ1v) is 3.27. The predicted molar refractivity (Wildman–Crippen MR) is 33.7 cm³/mol. The maximum absolute atomic E-state index is 5.95. The highest BCUT2D eigenvalue weighted by molar-refractivity contribution is 6.29. The molecule has 2 saturated carbocycles. The summed E-state index contributed by atoms with van der Waals surface area (Å²) in [4.78, 5) is -0.201. The molecule has 2 rings (SSSR count). The molecule has 2 aliphatic carbocycles. The van der Waals surface area contributed by atoms with E-state index >= 15 is 0 Å². The fourth-order valence-electron chi connectivity index (χ4n) is 1.35. The number of hydrogen-bond donors (Lipinski definition) is 0. The molecule has 1 spiro atoms. The van der Waals surface area contributed by atoms with Crippen molar-refractivity contribution in [2.45, 2.75) is 24.1 Å². The van der Waals surface area contributed by atoms with Crippen molar-refractivity contribution >= 4 is 11.6 Å². The van der Waals surface area contributed by atoms with E-state index in [-0.39, 0.29) is 4.87 Å². The zero-order valence-corrected chi connectivity index (χ0v) is 5.33. The van der Waals surface area contributed by atoms with E-state index in [9.17, 15) is 0 Å². The van der Waals surface area contributed by atoms with Gasteiger partial charge in [-0.05, 0) is 19.3 Å². The molecule has 2 fully saturated rings. The quantitative estimate of drug-likeness (QED) is 0.343. The summed E-state index contributed by atoms with van der Waals surface area (Å²) in [6, 6.07) is 0. The Morgan fingerprint density at radius 1 is 1.50 bits per heavy atom. The molecule has 0 radical (unpaired) electrons. The van der Waals surface area contributed by atoms with Crippen molar-refractivity contribution in [3.8, 4) is 12.3 Å². The van der Waals surface area contributed by atoms with Gasteiger partial charge in [0.05, 0.1) is 0 Å². The molecule has 0 aromatic carbocycles. The van der Waals surface area contributed by atoms with E-state index in [0.29, 0.717) is 5.41 Å². The Labute approximate surface area is 54.2 Å². The zero-order valence-electron chi connectivity index (χ0n) is 4.58. The average molecular weight is 127 g/mol. The fourth-order valence-corrected chi connectivity index (χ4v) is 1.79. The normalized spacial score (nSPS) is 46.0. The van der Waals surface area contributed by atoms with E-state index in [1.54, 1.807) is 0 Å². The molecule has 0 aromatic rings. The number of alkyl halides is 1. The van der Waals surface area contributed by atoms with Crippen LogP contribution < -0.4 is 0 Å². The molecule has 1 unspecified atom stereocenters. The monoisotopic (exact) mass is 126 g/mol. The maximum atomic E-state index is 5.95. The second-order valence-electron chi connectivity index (χ2n) is 2.90. The van der Waals surface area contributed by atoms with Crippen LogP contribution in [-0.2, 0) is 0 Å². The second-order valence-corrected chi connectivity index (χ2v) is 3.55. The average Bonchev–Trinajstić information content (AvgIpc) is 2.57. The van der Waals surface area contributed by atoms with Crippen LogP contribution in [0.2, 0.25) is 0 Å². The highest BCUT2D eigenvalue weighted by Gasteiger charge is 2.73. The van der Waals surface area contributed by atoms with Gasteiger partial charge in [0.25, 0.3) is 0 Å². The van der Waals surface area contributed by atoms with E-state index in [1.807, 2.05) is 0 Å². The summed E-state index contributed by atoms with van der Waals surface area (Å²) < 4.78 is 0. The molecule has 1 atom stereocenters. The van der Waals surface area contributed by atoms with Gasteiger partial charge in [-0.25, -0.2) is 0 Å². The molecule has 0 nitrogen and oxygen atoms in total. The minimum absolute atomic E-state index is 0.201. The Balaban J connectivity index is 2.25. The zero-order chi connectivity index (χ0) is 5.83. The Morgan fingerprint density at radius 3 is 2.25 bits per heavy atom. The number of rotatable bonds is 0. The minimum Gasteiger partial charge on any atom is -0.118 e. The van der Waals surface area contributed by atoms with Gasteiger partial charge in [-0.3, -0.25) is 0 Å². The summed E-state index contributed by atoms with van der Waals surface area (Å²) >= 11 is 5.95. The maximum Gasteiger partial charge on any atom is 0.111 e. The smallest absolute Gasteiger partial charge is 0.111 e. The van der Waals surface area contributed by atoms with Gasteiger partial charge in [0.2, 0.25) is 0 Å². The van der Waals surface area contributed by atoms with E-state index < -0.39 is 0 Å². The van der Waals surface area contributed by atoms with Crippen molar-refractivity contribution in [3.63, 3.8) is 0 Å². The van der Waals surface area contributed by atoms with Crippen LogP contribution in [0.15, 0.2) is 0 Å². The Hall–Kier alpha value is -0.150. The summed E-state index contributed by atoms with van der Waals surface area (Å²) in [5.41, 5.74) is 0.434. The van der Waals surface area contributed by atoms with Crippen LogP contribution in [0.5, 0.6) is 0 Å². The highest BCUT2D eigenvalue weighted by Crippen LogP contribution is 2.75. The molecule has 0 saturated heterocycles. The van der Waals surface area contributed by atoms with Gasteiger partial charge in [0, 0.05) is 5.41 Å². The lowest BCUT2D eigenvalue weighted by Crippen LogP contribution is -1.95. The van der Waals surface area contributed by atoms with Gasteiger partial charge < -0.3 is 0 Å². The summed E-state index contributed by atoms with van der Waals surface area (Å²) in [5.74, 6) is 2.63. The van der Waals surface area contributed by atoms with E-state index in [0.717, 1.165) is 6.42 Å². The van der Waals surface area contributed by atoms with Gasteiger partial charge >= 0.3 is 0 Å². The molecule has 0 N–H and O–H groups in total. The number of hydrogen-bond acceptors (Lipinski definition) is 0. The molecule has 42 valence electrons. The highest BCUT2D eigenvalue weighted by atomic mass is 35.5. The summed E-state index contributed by atoms with van der Waals surface area (Å²) in [5, 5.41) is 0. The first-order valence-electron chi connectivity index (χ1n) is 2.89. The van der Waals surface area contributed by atoms with Crippen LogP contribution >= 0.6 is 11.6 Å². The van der Waals surface area contributed by atoms with Crippen molar-refractivity contribution in [3.05, 3.63) is 0 Å². The van der Waals surface area contributed by atoms with Crippen LogP contribution in [0.3, 0.4) is 0 Å². The number of terminal acetylenes is 1. The van der Waals surface area contributed by atoms with Crippen LogP contribution in [0, 0.1) is 17.8 Å². The minimum atomic E-state index is -0.201. The van der Waals surface area contributed by atoms with Crippen molar-refractivity contribution < 1.29 is 0 Å². The lowest BCUT2D eigenvalue weighted by molar-refractivity contribution is 0.858. The van der Waals surface area contributed by atoms with Gasteiger partial charge in [-0.15, -0.1) is 18.0 Å². The third-order valence-electron chi connectivity index (χ3n) is 2.38. The van der Waals surface area contributed by atoms with Crippen LogP contribution in [0.25, 0.3) is 0 Å². The summed E-state index contributed by atoms with van der Waals surface area (Å²) in [7, 11) is 0. The van der Waals surface area contributed by atoms with E-state index in [4.69, 9.17) is 18.0 Å². The number of halogens is 1. The van der Waals surface area contributed by atoms with E-state index in [2.05, 4.69) is 5.92 Å². The van der Waals surface area contributed by atoms with Gasteiger partial charge in [0.1, 0.15) is 4.87 Å². The molecule has 0 aromatic heterocycles. The molecular weight excluding hydrogens is 120 g/mol. The lowest BCUT2D eigenvalue weighted by atomic mass is 10.3. The molecule has 2 aliphatic rings. The Bertz CT molecular complexity index is 173. The van der Waals surface area contributed by atoms with Crippen molar-refractivity contribution in [1.29, 1.82) is 0 Å². The van der Waals surface area contributed by atoms with Crippen LogP contribution in [-0.4, -0.2) is 4.87 Å².